The zero-order valence-corrected chi connectivity index (χ0v) is 17.3. The maximum absolute atomic E-state index is 14.4. The highest BCUT2D eigenvalue weighted by molar-refractivity contribution is 8.12. The van der Waals surface area contributed by atoms with E-state index in [4.69, 9.17) is 4.74 Å². The van der Waals surface area contributed by atoms with E-state index in [-0.39, 0.29) is 12.8 Å². The van der Waals surface area contributed by atoms with E-state index in [1.165, 1.54) is 11.1 Å². The molecule has 0 amide bonds. The maximum atomic E-state index is 14.4. The highest BCUT2D eigenvalue weighted by Crippen LogP contribution is 2.40. The van der Waals surface area contributed by atoms with Gasteiger partial charge in [-0.05, 0) is 39.0 Å². The number of allylic oxidation sites excluding steroid dienone is 2. The Labute approximate surface area is 173 Å². The Bertz CT molecular complexity index is 1070. The molecular weight excluding hydrogens is 483 g/mol. The summed E-state index contributed by atoms with van der Waals surface area (Å²) in [5.41, 5.74) is -7.55. The van der Waals surface area contributed by atoms with Crippen molar-refractivity contribution in [3.8, 4) is 5.75 Å². The van der Waals surface area contributed by atoms with Crippen LogP contribution in [0.15, 0.2) is 17.0 Å². The lowest BCUT2D eigenvalue weighted by atomic mass is 9.91. The molecule has 6 nitrogen and oxygen atoms in total. The van der Waals surface area contributed by atoms with Crippen LogP contribution in [0.1, 0.15) is 39.0 Å². The first-order chi connectivity index (χ1) is 14.0. The fourth-order valence-corrected chi connectivity index (χ4v) is 5.11. The van der Waals surface area contributed by atoms with Crippen LogP contribution in [0.25, 0.3) is 4.13 Å². The van der Waals surface area contributed by atoms with Crippen LogP contribution < -0.4 is 4.74 Å². The largest absolute Gasteiger partial charge is 0.481 e. The lowest BCUT2D eigenvalue weighted by Gasteiger charge is -2.32. The minimum Gasteiger partial charge on any atom is -0.481 e. The predicted molar refractivity (Wildman–Crippen MR) is 93.1 cm³/mol. The number of sulfonamides is 2. The summed E-state index contributed by atoms with van der Waals surface area (Å²) in [4.78, 5) is -2.63. The van der Waals surface area contributed by atoms with E-state index in [0.29, 0.717) is 19.3 Å². The summed E-state index contributed by atoms with van der Waals surface area (Å²) in [6.45, 7) is 1.40. The molecule has 176 valence electrons. The van der Waals surface area contributed by atoms with E-state index in [2.05, 4.69) is 0 Å². The molecule has 15 heteroatoms. The number of ether oxygens (including phenoxy) is 1. The molecule has 0 aliphatic heterocycles. The van der Waals surface area contributed by atoms with Crippen molar-refractivity contribution in [3.63, 3.8) is 0 Å². The summed E-state index contributed by atoms with van der Waals surface area (Å²) in [7, 11) is -13.2. The van der Waals surface area contributed by atoms with Gasteiger partial charge in [-0.15, -0.1) is 0 Å². The van der Waals surface area contributed by atoms with Crippen LogP contribution in [0.4, 0.5) is 30.7 Å². The summed E-state index contributed by atoms with van der Waals surface area (Å²) < 4.78 is 147. The molecule has 0 saturated heterocycles. The Kier molecular flexibility index (Phi) is 7.03. The molecule has 2 rings (SSSR count). The van der Waals surface area contributed by atoms with Crippen LogP contribution in [0.3, 0.4) is 0 Å². The smallest absolute Gasteiger partial charge is 0.480 e. The topological polar surface area (TPSA) is 91.6 Å². The van der Waals surface area contributed by atoms with Crippen molar-refractivity contribution in [2.75, 3.05) is 0 Å². The Hall–Kier alpha value is -1.87. The number of halogens is 7. The van der Waals surface area contributed by atoms with Crippen LogP contribution in [-0.4, -0.2) is 27.9 Å². The van der Waals surface area contributed by atoms with Gasteiger partial charge in [-0.3, -0.25) is 0 Å². The fraction of sp³-hybridized carbons (Fsp3) is 0.500. The monoisotopic (exact) mass is 498 g/mol. The molecule has 0 saturated carbocycles. The number of alkyl halides is 3. The molecule has 1 aromatic carbocycles. The second kappa shape index (κ2) is 8.58. The summed E-state index contributed by atoms with van der Waals surface area (Å²) >= 11 is 0. The number of hydrogen-bond acceptors (Lipinski definition) is 5. The summed E-state index contributed by atoms with van der Waals surface area (Å²) in [6, 6.07) is 0. The Morgan fingerprint density at radius 3 is 1.94 bits per heavy atom. The summed E-state index contributed by atoms with van der Waals surface area (Å²) in [6.07, 6.45) is 5.47. The van der Waals surface area contributed by atoms with Crippen LogP contribution in [0.2, 0.25) is 0 Å². The first kappa shape index (κ1) is 25.4. The van der Waals surface area contributed by atoms with Gasteiger partial charge >= 0.3 is 5.51 Å². The predicted octanol–water partition coefficient (Wildman–Crippen LogP) is 4.81. The minimum absolute atomic E-state index is 0.171. The lowest BCUT2D eigenvalue weighted by molar-refractivity contribution is -0.0425. The molecule has 0 aromatic heterocycles. The molecule has 1 aliphatic rings. The van der Waals surface area contributed by atoms with E-state index >= 15 is 0 Å². The summed E-state index contributed by atoms with van der Waals surface area (Å²) in [5.74, 6) is -11.7. The second-order valence-corrected chi connectivity index (χ2v) is 10.2. The molecule has 0 bridgehead atoms. The van der Waals surface area contributed by atoms with Crippen molar-refractivity contribution in [1.82, 2.24) is 0 Å². The van der Waals surface area contributed by atoms with Gasteiger partial charge in [-0.1, -0.05) is 12.2 Å². The number of nitrogens with zero attached hydrogens (tertiary/aromatic N) is 1. The molecule has 0 fully saturated rings. The maximum Gasteiger partial charge on any atom is 0.480 e. The van der Waals surface area contributed by atoms with Gasteiger partial charge in [0.1, 0.15) is 20.5 Å². The van der Waals surface area contributed by atoms with Crippen LogP contribution in [0, 0.1) is 23.3 Å². The van der Waals surface area contributed by atoms with Gasteiger partial charge in [0.15, 0.2) is 27.4 Å². The molecule has 0 spiro atoms. The first-order valence-electron chi connectivity index (χ1n) is 8.53. The Morgan fingerprint density at radius 1 is 0.903 bits per heavy atom. The molecule has 0 radical (unpaired) electrons. The van der Waals surface area contributed by atoms with E-state index < -0.39 is 65.1 Å². The summed E-state index contributed by atoms with van der Waals surface area (Å²) in [5, 5.41) is 0. The molecule has 31 heavy (non-hydrogen) atoms. The van der Waals surface area contributed by atoms with Crippen LogP contribution >= 0.6 is 0 Å². The van der Waals surface area contributed by atoms with Gasteiger partial charge in [0.25, 0.3) is 0 Å². The van der Waals surface area contributed by atoms with Crippen molar-refractivity contribution in [1.29, 1.82) is 0 Å². The van der Waals surface area contributed by atoms with Gasteiger partial charge in [-0.2, -0.15) is 22.0 Å². The third-order valence-corrected chi connectivity index (χ3v) is 7.39. The normalized spacial score (nSPS) is 21.9. The third-order valence-electron chi connectivity index (χ3n) is 4.36. The molecule has 0 N–H and O–H groups in total. The van der Waals surface area contributed by atoms with Crippen molar-refractivity contribution < 1.29 is 52.3 Å². The molecule has 1 atom stereocenters. The lowest BCUT2D eigenvalue weighted by Crippen LogP contribution is -2.34. The van der Waals surface area contributed by atoms with Crippen molar-refractivity contribution >= 4 is 20.0 Å². The van der Waals surface area contributed by atoms with E-state index in [9.17, 15) is 47.6 Å². The van der Waals surface area contributed by atoms with Gasteiger partial charge in [0, 0.05) is 0 Å². The minimum atomic E-state index is -6.79. The molecular formula is C16H15F7NO5S2-. The molecule has 1 unspecified atom stereocenters. The van der Waals surface area contributed by atoms with Crippen LogP contribution in [0.5, 0.6) is 5.75 Å². The molecule has 1 aliphatic carbocycles. The van der Waals surface area contributed by atoms with Crippen molar-refractivity contribution in [2.45, 2.75) is 55.0 Å². The number of hydrogen-bond donors (Lipinski definition) is 0. The van der Waals surface area contributed by atoms with E-state index in [1.807, 2.05) is 6.08 Å². The number of rotatable bonds is 5. The average Bonchev–Trinajstić information content (AvgIpc) is 2.59. The average molecular weight is 498 g/mol. The number of benzene rings is 1. The van der Waals surface area contributed by atoms with Gasteiger partial charge in [0.2, 0.25) is 11.6 Å². The highest BCUT2D eigenvalue weighted by Gasteiger charge is 2.42. The zero-order chi connectivity index (χ0) is 23.8. The van der Waals surface area contributed by atoms with Crippen molar-refractivity contribution in [3.05, 3.63) is 39.5 Å². The van der Waals surface area contributed by atoms with Gasteiger partial charge in [0.05, 0.1) is 0 Å². The Morgan fingerprint density at radius 2 is 1.42 bits per heavy atom. The zero-order valence-electron chi connectivity index (χ0n) is 15.6. The van der Waals surface area contributed by atoms with E-state index in [0.717, 1.165) is 0 Å². The van der Waals surface area contributed by atoms with Gasteiger partial charge in [-0.25, -0.2) is 25.6 Å². The van der Waals surface area contributed by atoms with E-state index in [1.54, 1.807) is 6.08 Å². The molecule has 0 heterocycles. The SMILES string of the molecule is CC1(Oc2c(F)c(F)c(S(=O)(=O)[N-]S(=O)(=O)C(F)(F)F)c(F)c2F)CC/C=C\CCC1. The molecule has 1 aromatic rings. The standard InChI is InChI=1S/C16H15F7NO5S2/c1-15(7-5-3-2-4-6-8-15)29-13-9(17)11(19)14(12(20)10(13)18)30(25,26)24-31(27,28)16(21,22)23/h2-3H,4-8H2,1H3/q-1/b3-2-. The first-order valence-corrected chi connectivity index (χ1v) is 11.4. The van der Waals surface area contributed by atoms with Crippen LogP contribution in [-0.2, 0) is 20.0 Å². The second-order valence-electron chi connectivity index (χ2n) is 6.84. The third kappa shape index (κ3) is 5.31. The highest BCUT2D eigenvalue weighted by atomic mass is 32.3. The van der Waals surface area contributed by atoms with Gasteiger partial charge < -0.3 is 8.86 Å². The fourth-order valence-electron chi connectivity index (χ4n) is 2.81. The Balaban J connectivity index is 2.54. The van der Waals surface area contributed by atoms with Crippen molar-refractivity contribution in [2.24, 2.45) is 0 Å². The quantitative estimate of drug-likeness (QED) is 0.330.